The Hall–Kier alpha value is -4.24. The van der Waals surface area contributed by atoms with E-state index in [0.29, 0.717) is 5.33 Å². The molecular formula is C56H71BrO8. The van der Waals surface area contributed by atoms with E-state index in [1.165, 1.54) is 44.5 Å². The summed E-state index contributed by atoms with van der Waals surface area (Å²) in [6.45, 7) is 16.0. The van der Waals surface area contributed by atoms with Crippen LogP contribution in [0.1, 0.15) is 221 Å². The number of hydrogen-bond acceptors (Lipinski definition) is 8. The van der Waals surface area contributed by atoms with Crippen LogP contribution in [-0.4, -0.2) is 27.2 Å². The van der Waals surface area contributed by atoms with E-state index < -0.39 is 0 Å². The van der Waals surface area contributed by atoms with Crippen LogP contribution in [0.4, 0.5) is 0 Å². The minimum Gasteiger partial charge on any atom is -0.457 e. The molecule has 0 amide bonds. The molecular weight excluding hydrogens is 881 g/mol. The second kappa shape index (κ2) is 20.3. The van der Waals surface area contributed by atoms with Crippen LogP contribution in [-0.2, 0) is 5.33 Å². The van der Waals surface area contributed by atoms with Crippen LogP contribution in [0, 0.1) is 20.8 Å². The van der Waals surface area contributed by atoms with Gasteiger partial charge in [-0.2, -0.15) is 0 Å². The van der Waals surface area contributed by atoms with Crippen molar-refractivity contribution >= 4 is 15.9 Å². The first-order valence-corrected chi connectivity index (χ1v) is 26.3. The van der Waals surface area contributed by atoms with E-state index >= 15 is 0 Å². The molecule has 4 aromatic carbocycles. The maximum atomic E-state index is 6.86. The molecule has 1 aliphatic carbocycles. The molecule has 4 atom stereocenters. The van der Waals surface area contributed by atoms with Crippen molar-refractivity contribution in [3.8, 4) is 46.0 Å². The van der Waals surface area contributed by atoms with Crippen LogP contribution >= 0.6 is 15.9 Å². The van der Waals surface area contributed by atoms with E-state index in [4.69, 9.17) is 37.9 Å². The lowest BCUT2D eigenvalue weighted by atomic mass is 9.74. The Morgan fingerprint density at radius 1 is 0.354 bits per heavy atom. The van der Waals surface area contributed by atoms with Gasteiger partial charge in [-0.1, -0.05) is 121 Å². The quantitative estimate of drug-likeness (QED) is 0.0765. The smallest absolute Gasteiger partial charge is 0.230 e. The maximum absolute atomic E-state index is 6.86. The SMILES string of the molecule is CCCCCC1c2cc3c4c(C)c2OCOc2c1cc1c(c2C)OCOc2c(cc5c(c2CBr)OCOc2c(cc(c(c2C)OCO4)C3CCCCC)[C@@H]5CCCCC)[C@@H]1CCCCC. The monoisotopic (exact) mass is 950 g/mol. The molecule has 2 unspecified atom stereocenters. The summed E-state index contributed by atoms with van der Waals surface area (Å²) in [6, 6.07) is 9.91. The topological polar surface area (TPSA) is 73.8 Å². The van der Waals surface area contributed by atoms with Gasteiger partial charge in [0.15, 0.2) is 0 Å². The Bertz CT molecular complexity index is 2220. The molecule has 0 N–H and O–H groups in total. The first-order chi connectivity index (χ1) is 31.8. The standard InChI is InChI=1S/C56H71BrO8/c1-8-12-16-20-36-40-24-41-37(21-17-13-9-2)43-26-45-39(23-19-15-11-4)47-27-46-38(22-18-14-10-3)44-25-42(36)51-34(6)53(44)62-31-64-55(46)48(28-57)56(47)65-32-63-54(45)35(7)52(43)61-30-59-50(41)33(5)49(40)58-29-60-51/h24-27,36-39H,8-23,28-32H2,1-7H3/t36?,37?,38-,39+. The zero-order chi connectivity index (χ0) is 45.2. The van der Waals surface area contributed by atoms with Gasteiger partial charge in [0.2, 0.25) is 27.2 Å². The highest BCUT2D eigenvalue weighted by molar-refractivity contribution is 9.08. The van der Waals surface area contributed by atoms with Gasteiger partial charge in [-0.3, -0.25) is 0 Å². The molecule has 8 bridgehead atoms. The van der Waals surface area contributed by atoms with E-state index in [0.717, 1.165) is 171 Å². The third-order valence-electron chi connectivity index (χ3n) is 15.1. The lowest BCUT2D eigenvalue weighted by Crippen LogP contribution is -2.24. The third-order valence-corrected chi connectivity index (χ3v) is 15.6. The van der Waals surface area contributed by atoms with Crippen LogP contribution in [0.15, 0.2) is 24.3 Å². The predicted molar refractivity (Wildman–Crippen MR) is 261 cm³/mol. The maximum Gasteiger partial charge on any atom is 0.230 e. The fourth-order valence-electron chi connectivity index (χ4n) is 11.8. The molecule has 8 nitrogen and oxygen atoms in total. The molecule has 0 fully saturated rings. The average molecular weight is 952 g/mol. The molecule has 0 saturated heterocycles. The van der Waals surface area contributed by atoms with Gasteiger partial charge >= 0.3 is 0 Å². The molecule has 0 radical (unpaired) electrons. The molecule has 0 spiro atoms. The van der Waals surface area contributed by atoms with Crippen molar-refractivity contribution in [2.24, 2.45) is 0 Å². The molecule has 4 aromatic rings. The average Bonchev–Trinajstić information content (AvgIpc) is 3.28. The number of hydrogen-bond donors (Lipinski definition) is 0. The summed E-state index contributed by atoms with van der Waals surface area (Å²) >= 11 is 3.98. The van der Waals surface area contributed by atoms with E-state index in [1.807, 2.05) is 0 Å². The predicted octanol–water partition coefficient (Wildman–Crippen LogP) is 15.6. The Morgan fingerprint density at radius 3 is 0.785 bits per heavy atom. The molecule has 9 heteroatoms. The normalized spacial score (nSPS) is 19.6. The highest BCUT2D eigenvalue weighted by Crippen LogP contribution is 2.58. The fourth-order valence-corrected chi connectivity index (χ4v) is 12.3. The van der Waals surface area contributed by atoms with Crippen molar-refractivity contribution in [1.82, 2.24) is 0 Å². The van der Waals surface area contributed by atoms with Crippen LogP contribution in [0.3, 0.4) is 0 Å². The molecule has 4 heterocycles. The minimum absolute atomic E-state index is 0.00329. The molecule has 350 valence electrons. The van der Waals surface area contributed by atoms with Gasteiger partial charge in [0.05, 0.1) is 0 Å². The molecule has 0 saturated carbocycles. The van der Waals surface area contributed by atoms with Crippen molar-refractivity contribution in [3.05, 3.63) is 91.0 Å². The molecule has 9 rings (SSSR count). The number of benzene rings is 4. The van der Waals surface area contributed by atoms with Crippen molar-refractivity contribution < 1.29 is 37.9 Å². The second-order valence-electron chi connectivity index (χ2n) is 19.2. The summed E-state index contributed by atoms with van der Waals surface area (Å²) in [7, 11) is 0. The van der Waals surface area contributed by atoms with Gasteiger partial charge < -0.3 is 37.9 Å². The first kappa shape index (κ1) is 45.9. The van der Waals surface area contributed by atoms with Gasteiger partial charge in [-0.05, 0) is 70.7 Å². The summed E-state index contributed by atoms with van der Waals surface area (Å²) in [6.07, 6.45) is 17.3. The lowest BCUT2D eigenvalue weighted by molar-refractivity contribution is 0.0955. The van der Waals surface area contributed by atoms with Gasteiger partial charge in [0, 0.05) is 95.8 Å². The van der Waals surface area contributed by atoms with Crippen LogP contribution < -0.4 is 37.9 Å². The number of ether oxygens (including phenoxy) is 8. The summed E-state index contributed by atoms with van der Waals surface area (Å²) in [5.74, 6) is 6.89. The largest absolute Gasteiger partial charge is 0.457 e. The second-order valence-corrected chi connectivity index (χ2v) is 19.7. The van der Waals surface area contributed by atoms with Gasteiger partial charge in [0.1, 0.15) is 46.0 Å². The van der Waals surface area contributed by atoms with Crippen molar-refractivity contribution in [1.29, 1.82) is 0 Å². The van der Waals surface area contributed by atoms with E-state index in [2.05, 4.69) is 88.7 Å². The summed E-state index contributed by atoms with van der Waals surface area (Å²) < 4.78 is 54.6. The van der Waals surface area contributed by atoms with Gasteiger partial charge in [0.25, 0.3) is 0 Å². The van der Waals surface area contributed by atoms with E-state index in [-0.39, 0.29) is 50.8 Å². The number of halogens is 1. The van der Waals surface area contributed by atoms with Gasteiger partial charge in [-0.25, -0.2) is 0 Å². The number of unbranched alkanes of at least 4 members (excludes halogenated alkanes) is 8. The molecule has 65 heavy (non-hydrogen) atoms. The van der Waals surface area contributed by atoms with Gasteiger partial charge in [-0.15, -0.1) is 0 Å². The van der Waals surface area contributed by atoms with Crippen molar-refractivity contribution in [2.75, 3.05) is 27.2 Å². The number of alkyl halides is 1. The highest BCUT2D eigenvalue weighted by Gasteiger charge is 2.40. The van der Waals surface area contributed by atoms with Crippen molar-refractivity contribution in [3.63, 3.8) is 0 Å². The molecule has 5 aliphatic rings. The zero-order valence-electron chi connectivity index (χ0n) is 40.1. The zero-order valence-corrected chi connectivity index (χ0v) is 41.7. The third kappa shape index (κ3) is 8.43. The van der Waals surface area contributed by atoms with E-state index in [9.17, 15) is 0 Å². The summed E-state index contributed by atoms with van der Waals surface area (Å²) in [5, 5.41) is 0.564. The summed E-state index contributed by atoms with van der Waals surface area (Å²) in [4.78, 5) is 0. The highest BCUT2D eigenvalue weighted by atomic mass is 79.9. The Balaban J connectivity index is 1.45. The van der Waals surface area contributed by atoms with Crippen LogP contribution in [0.25, 0.3) is 0 Å². The molecule has 0 aromatic heterocycles. The fraction of sp³-hybridized carbons (Fsp3) is 0.571. The Kier molecular flexibility index (Phi) is 14.3. The minimum atomic E-state index is -0.00329. The summed E-state index contributed by atoms with van der Waals surface area (Å²) in [5.41, 5.74) is 13.7. The van der Waals surface area contributed by atoms with Crippen LogP contribution in [0.2, 0.25) is 0 Å². The Morgan fingerprint density at radius 2 is 0.569 bits per heavy atom. The number of rotatable bonds is 17. The first-order valence-electron chi connectivity index (χ1n) is 25.1. The van der Waals surface area contributed by atoms with E-state index in [1.54, 1.807) is 0 Å². The Labute approximate surface area is 396 Å². The molecule has 4 aliphatic heterocycles. The van der Waals surface area contributed by atoms with Crippen molar-refractivity contribution in [2.45, 2.75) is 180 Å². The van der Waals surface area contributed by atoms with Crippen LogP contribution in [0.5, 0.6) is 46.0 Å². The lowest BCUT2D eigenvalue weighted by Gasteiger charge is -2.37.